The summed E-state index contributed by atoms with van der Waals surface area (Å²) in [5.74, 6) is -2.29. The van der Waals surface area contributed by atoms with Gasteiger partial charge in [-0.05, 0) is 25.1 Å². The van der Waals surface area contributed by atoms with Crippen LogP contribution in [0.2, 0.25) is 0 Å². The third-order valence-corrected chi connectivity index (χ3v) is 3.08. The van der Waals surface area contributed by atoms with Gasteiger partial charge in [0.15, 0.2) is 11.6 Å². The van der Waals surface area contributed by atoms with Gasteiger partial charge >= 0.3 is 0 Å². The molecule has 0 fully saturated rings. The number of thiocarbonyl (C=S) groups is 1. The lowest BCUT2D eigenvalue weighted by Gasteiger charge is -2.09. The summed E-state index contributed by atoms with van der Waals surface area (Å²) in [6.07, 6.45) is 0. The van der Waals surface area contributed by atoms with Crippen LogP contribution in [-0.2, 0) is 0 Å². The highest BCUT2D eigenvalue weighted by Gasteiger charge is 2.13. The Morgan fingerprint density at radius 1 is 1.30 bits per heavy atom. The van der Waals surface area contributed by atoms with Crippen LogP contribution in [0.1, 0.15) is 11.3 Å². The average molecular weight is 359 g/mol. The molecule has 20 heavy (non-hydrogen) atoms. The van der Waals surface area contributed by atoms with Crippen LogP contribution in [0, 0.1) is 18.6 Å². The molecule has 0 amide bonds. The minimum atomic E-state index is -1.09. The number of nitrogens with two attached hydrogens (primary N) is 1. The van der Waals surface area contributed by atoms with Gasteiger partial charge in [-0.2, -0.15) is 4.39 Å². The molecule has 0 atom stereocenters. The van der Waals surface area contributed by atoms with Crippen molar-refractivity contribution in [2.75, 3.05) is 0 Å². The number of benzene rings is 1. The number of ether oxygens (including phenoxy) is 1. The number of nitrogens with zero attached hydrogens (tertiary/aromatic N) is 1. The molecule has 1 aromatic carbocycles. The van der Waals surface area contributed by atoms with Gasteiger partial charge in [0.05, 0.1) is 0 Å². The first-order chi connectivity index (χ1) is 9.36. The van der Waals surface area contributed by atoms with Crippen molar-refractivity contribution in [2.45, 2.75) is 6.92 Å². The number of aryl methyl sites for hydroxylation is 1. The minimum Gasteiger partial charge on any atom is -0.436 e. The summed E-state index contributed by atoms with van der Waals surface area (Å²) in [5, 5.41) is 0. The molecular weight excluding hydrogens is 350 g/mol. The van der Waals surface area contributed by atoms with Crippen LogP contribution in [0.4, 0.5) is 8.78 Å². The van der Waals surface area contributed by atoms with E-state index in [1.54, 1.807) is 13.0 Å². The van der Waals surface area contributed by atoms with E-state index in [1.807, 2.05) is 0 Å². The summed E-state index contributed by atoms with van der Waals surface area (Å²) in [6, 6.07) is 5.45. The van der Waals surface area contributed by atoms with Crippen LogP contribution in [-0.4, -0.2) is 9.97 Å². The maximum absolute atomic E-state index is 13.6. The Kier molecular flexibility index (Phi) is 4.29. The van der Waals surface area contributed by atoms with E-state index in [0.29, 0.717) is 15.7 Å². The summed E-state index contributed by atoms with van der Waals surface area (Å²) in [4.78, 5) is 4.24. The lowest BCUT2D eigenvalue weighted by Crippen LogP contribution is -2.10. The van der Waals surface area contributed by atoms with Crippen LogP contribution >= 0.6 is 28.1 Å². The molecule has 1 heterocycles. The van der Waals surface area contributed by atoms with Crippen molar-refractivity contribution in [3.05, 3.63) is 51.6 Å². The van der Waals surface area contributed by atoms with E-state index in [1.165, 1.54) is 12.1 Å². The fourth-order valence-electron chi connectivity index (χ4n) is 1.55. The Balaban J connectivity index is 2.42. The van der Waals surface area contributed by atoms with E-state index in [-0.39, 0.29) is 16.6 Å². The Hall–Kier alpha value is -1.60. The fourth-order valence-corrected chi connectivity index (χ4v) is 2.08. The molecular formula is C13H9BrF2N2OS. The molecule has 0 bridgehead atoms. The second kappa shape index (κ2) is 5.80. The Labute approximate surface area is 127 Å². The molecule has 0 aliphatic rings. The zero-order valence-electron chi connectivity index (χ0n) is 10.3. The maximum Gasteiger partial charge on any atom is 0.220 e. The fraction of sp³-hybridized carbons (Fsp3) is 0.0769. The molecule has 2 rings (SSSR count). The third kappa shape index (κ3) is 3.29. The van der Waals surface area contributed by atoms with Crippen LogP contribution in [0.5, 0.6) is 11.6 Å². The molecule has 0 saturated heterocycles. The summed E-state index contributed by atoms with van der Waals surface area (Å²) in [6.45, 7) is 1.71. The first-order valence-corrected chi connectivity index (χ1v) is 6.68. The van der Waals surface area contributed by atoms with Crippen molar-refractivity contribution >= 4 is 33.1 Å². The molecule has 0 aliphatic carbocycles. The monoisotopic (exact) mass is 358 g/mol. The van der Waals surface area contributed by atoms with Crippen molar-refractivity contribution in [1.82, 2.24) is 4.98 Å². The highest BCUT2D eigenvalue weighted by atomic mass is 79.9. The zero-order valence-corrected chi connectivity index (χ0v) is 12.7. The molecule has 2 N–H and O–H groups in total. The van der Waals surface area contributed by atoms with E-state index in [4.69, 9.17) is 22.7 Å². The number of hydrogen-bond acceptors (Lipinski definition) is 3. The average Bonchev–Trinajstić information content (AvgIpc) is 2.34. The second-order valence-electron chi connectivity index (χ2n) is 4.00. The first kappa shape index (κ1) is 14.8. The summed E-state index contributed by atoms with van der Waals surface area (Å²) >= 11 is 7.93. The number of hydrogen-bond donors (Lipinski definition) is 1. The van der Waals surface area contributed by atoms with Crippen molar-refractivity contribution in [3.8, 4) is 11.6 Å². The van der Waals surface area contributed by atoms with Gasteiger partial charge in [-0.15, -0.1) is 0 Å². The van der Waals surface area contributed by atoms with Crippen molar-refractivity contribution < 1.29 is 13.5 Å². The quantitative estimate of drug-likeness (QED) is 0.668. The van der Waals surface area contributed by atoms with Crippen molar-refractivity contribution in [2.24, 2.45) is 5.73 Å². The van der Waals surface area contributed by atoms with E-state index in [9.17, 15) is 8.78 Å². The smallest absolute Gasteiger partial charge is 0.220 e. The normalized spacial score (nSPS) is 10.4. The largest absolute Gasteiger partial charge is 0.436 e. The Morgan fingerprint density at radius 3 is 2.65 bits per heavy atom. The van der Waals surface area contributed by atoms with E-state index in [0.717, 1.165) is 6.07 Å². The SMILES string of the molecule is Cc1cc(C(N)=S)cc(Oc2cc(Br)cc(F)c2F)n1. The Morgan fingerprint density at radius 2 is 2.00 bits per heavy atom. The molecule has 0 aliphatic heterocycles. The second-order valence-corrected chi connectivity index (χ2v) is 5.36. The predicted octanol–water partition coefficient (Wildman–Crippen LogP) is 3.86. The number of pyridine rings is 1. The Bertz CT molecular complexity index is 694. The van der Waals surface area contributed by atoms with Gasteiger partial charge in [-0.3, -0.25) is 0 Å². The van der Waals surface area contributed by atoms with Gasteiger partial charge in [0.1, 0.15) is 4.99 Å². The van der Waals surface area contributed by atoms with Gasteiger partial charge in [-0.1, -0.05) is 28.1 Å². The van der Waals surface area contributed by atoms with E-state index < -0.39 is 11.6 Å². The maximum atomic E-state index is 13.6. The minimum absolute atomic E-state index is 0.0872. The summed E-state index contributed by atoms with van der Waals surface area (Å²) < 4.78 is 32.5. The number of halogens is 3. The molecule has 0 saturated carbocycles. The topological polar surface area (TPSA) is 48.1 Å². The van der Waals surface area contributed by atoms with Gasteiger partial charge in [0, 0.05) is 21.8 Å². The molecule has 104 valence electrons. The van der Waals surface area contributed by atoms with Crippen LogP contribution in [0.15, 0.2) is 28.7 Å². The molecule has 3 nitrogen and oxygen atoms in total. The molecule has 0 spiro atoms. The predicted molar refractivity (Wildman–Crippen MR) is 79.0 cm³/mol. The van der Waals surface area contributed by atoms with Gasteiger partial charge in [0.2, 0.25) is 11.7 Å². The third-order valence-electron chi connectivity index (χ3n) is 2.39. The van der Waals surface area contributed by atoms with Crippen LogP contribution in [0.3, 0.4) is 0 Å². The van der Waals surface area contributed by atoms with Crippen molar-refractivity contribution in [3.63, 3.8) is 0 Å². The number of rotatable bonds is 3. The zero-order chi connectivity index (χ0) is 14.9. The van der Waals surface area contributed by atoms with E-state index >= 15 is 0 Å². The highest BCUT2D eigenvalue weighted by Crippen LogP contribution is 2.29. The molecule has 1 aromatic heterocycles. The highest BCUT2D eigenvalue weighted by molar-refractivity contribution is 9.10. The van der Waals surface area contributed by atoms with Gasteiger partial charge < -0.3 is 10.5 Å². The van der Waals surface area contributed by atoms with Gasteiger partial charge in [-0.25, -0.2) is 9.37 Å². The van der Waals surface area contributed by atoms with Gasteiger partial charge in [0.25, 0.3) is 0 Å². The van der Waals surface area contributed by atoms with Crippen LogP contribution < -0.4 is 10.5 Å². The summed E-state index contributed by atoms with van der Waals surface area (Å²) in [5.41, 5.74) is 6.67. The number of aromatic nitrogens is 1. The van der Waals surface area contributed by atoms with E-state index in [2.05, 4.69) is 20.9 Å². The lowest BCUT2D eigenvalue weighted by molar-refractivity contribution is 0.404. The molecule has 0 radical (unpaired) electrons. The first-order valence-electron chi connectivity index (χ1n) is 5.47. The molecule has 2 aromatic rings. The molecule has 0 unspecified atom stereocenters. The summed E-state index contributed by atoms with van der Waals surface area (Å²) in [7, 11) is 0. The van der Waals surface area contributed by atoms with Crippen molar-refractivity contribution in [1.29, 1.82) is 0 Å². The molecule has 7 heteroatoms. The lowest BCUT2D eigenvalue weighted by atomic mass is 10.2. The van der Waals surface area contributed by atoms with Crippen LogP contribution in [0.25, 0.3) is 0 Å². The standard InChI is InChI=1S/C13H9BrF2N2OS/c1-6-2-7(13(17)20)3-11(18-6)19-10-5-8(14)4-9(15)12(10)16/h2-5H,1H3,(H2,17,20).